The highest BCUT2D eigenvalue weighted by atomic mass is 16.5. The average Bonchev–Trinajstić information content (AvgIpc) is 2.50. The zero-order valence-corrected chi connectivity index (χ0v) is 12.7. The van der Waals surface area contributed by atoms with Crippen LogP contribution in [0.15, 0.2) is 47.9 Å². The normalized spacial score (nSPS) is 25.0. The third kappa shape index (κ3) is 3.07. The molecule has 0 aliphatic heterocycles. The maximum Gasteiger partial charge on any atom is 0.255 e. The number of rotatable bonds is 4. The second-order valence-corrected chi connectivity index (χ2v) is 6.23. The molecule has 1 aliphatic carbocycles. The molecule has 0 radical (unpaired) electrons. The van der Waals surface area contributed by atoms with Gasteiger partial charge in [-0.15, -0.1) is 6.58 Å². The minimum absolute atomic E-state index is 0.0703. The van der Waals surface area contributed by atoms with Gasteiger partial charge in [-0.2, -0.15) is 0 Å². The quantitative estimate of drug-likeness (QED) is 0.852. The number of fused-ring (bicyclic) bond motifs is 1. The Labute approximate surface area is 130 Å². The van der Waals surface area contributed by atoms with Gasteiger partial charge in [-0.3, -0.25) is 4.79 Å². The lowest BCUT2D eigenvalue weighted by atomic mass is 9.79. The molecule has 1 aromatic carbocycles. The first-order chi connectivity index (χ1) is 10.6. The molecule has 2 aromatic rings. The Morgan fingerprint density at radius 1 is 1.36 bits per heavy atom. The van der Waals surface area contributed by atoms with E-state index in [-0.39, 0.29) is 17.2 Å². The van der Waals surface area contributed by atoms with E-state index in [2.05, 4.69) is 11.6 Å². The summed E-state index contributed by atoms with van der Waals surface area (Å²) in [7, 11) is 0. The van der Waals surface area contributed by atoms with Crippen molar-refractivity contribution in [2.24, 2.45) is 5.73 Å². The lowest BCUT2D eigenvalue weighted by Gasteiger charge is -2.36. The van der Waals surface area contributed by atoms with Gasteiger partial charge in [-0.05, 0) is 61.8 Å². The zero-order chi connectivity index (χ0) is 15.6. The summed E-state index contributed by atoms with van der Waals surface area (Å²) in [6.07, 6.45) is 8.44. The summed E-state index contributed by atoms with van der Waals surface area (Å²) in [6.45, 7) is 3.78. The van der Waals surface area contributed by atoms with Gasteiger partial charge in [-0.1, -0.05) is 6.08 Å². The van der Waals surface area contributed by atoms with Crippen LogP contribution in [0.1, 0.15) is 32.1 Å². The third-order valence-electron chi connectivity index (χ3n) is 4.53. The van der Waals surface area contributed by atoms with Gasteiger partial charge in [0.2, 0.25) is 0 Å². The number of aromatic amines is 1. The van der Waals surface area contributed by atoms with Crippen LogP contribution in [0.5, 0.6) is 5.75 Å². The lowest BCUT2D eigenvalue weighted by molar-refractivity contribution is 0.119. The molecular weight excluding hydrogens is 276 g/mol. The van der Waals surface area contributed by atoms with Gasteiger partial charge in [-0.25, -0.2) is 0 Å². The molecule has 1 aliphatic rings. The van der Waals surface area contributed by atoms with Crippen molar-refractivity contribution in [2.75, 3.05) is 0 Å². The van der Waals surface area contributed by atoms with Crippen LogP contribution < -0.4 is 16.0 Å². The Hall–Kier alpha value is -2.07. The second-order valence-electron chi connectivity index (χ2n) is 6.23. The predicted octanol–water partition coefficient (Wildman–Crippen LogP) is 3.12. The van der Waals surface area contributed by atoms with E-state index in [0.29, 0.717) is 5.39 Å². The number of pyridine rings is 1. The Bertz CT molecular complexity index is 727. The van der Waals surface area contributed by atoms with Crippen molar-refractivity contribution in [3.05, 3.63) is 53.5 Å². The van der Waals surface area contributed by atoms with Gasteiger partial charge in [0.1, 0.15) is 5.75 Å². The Balaban J connectivity index is 1.70. The zero-order valence-electron chi connectivity index (χ0n) is 12.7. The Morgan fingerprint density at radius 2 is 2.14 bits per heavy atom. The summed E-state index contributed by atoms with van der Waals surface area (Å²) >= 11 is 0. The van der Waals surface area contributed by atoms with Crippen molar-refractivity contribution in [2.45, 2.75) is 43.7 Å². The van der Waals surface area contributed by atoms with Gasteiger partial charge in [0.25, 0.3) is 5.56 Å². The molecule has 3 N–H and O–H groups in total. The summed E-state index contributed by atoms with van der Waals surface area (Å²) in [6, 6.07) is 7.50. The van der Waals surface area contributed by atoms with Gasteiger partial charge in [0.15, 0.2) is 0 Å². The fourth-order valence-corrected chi connectivity index (χ4v) is 3.21. The molecule has 1 aromatic heterocycles. The van der Waals surface area contributed by atoms with Crippen molar-refractivity contribution in [3.63, 3.8) is 0 Å². The van der Waals surface area contributed by atoms with Crippen LogP contribution in [-0.2, 0) is 0 Å². The van der Waals surface area contributed by atoms with E-state index < -0.39 is 0 Å². The van der Waals surface area contributed by atoms with Crippen molar-refractivity contribution in [3.8, 4) is 5.75 Å². The van der Waals surface area contributed by atoms with Crippen LogP contribution in [0, 0.1) is 0 Å². The van der Waals surface area contributed by atoms with Gasteiger partial charge >= 0.3 is 0 Å². The molecule has 22 heavy (non-hydrogen) atoms. The van der Waals surface area contributed by atoms with E-state index in [1.165, 1.54) is 0 Å². The molecule has 0 amide bonds. The van der Waals surface area contributed by atoms with Crippen molar-refractivity contribution < 1.29 is 4.74 Å². The third-order valence-corrected chi connectivity index (χ3v) is 4.53. The van der Waals surface area contributed by atoms with Gasteiger partial charge in [0, 0.05) is 17.1 Å². The van der Waals surface area contributed by atoms with Gasteiger partial charge < -0.3 is 15.5 Å². The molecule has 4 nitrogen and oxygen atoms in total. The van der Waals surface area contributed by atoms with Crippen LogP contribution >= 0.6 is 0 Å². The molecule has 1 heterocycles. The Morgan fingerprint density at radius 3 is 2.86 bits per heavy atom. The van der Waals surface area contributed by atoms with E-state index in [0.717, 1.165) is 43.2 Å². The van der Waals surface area contributed by atoms with E-state index in [4.69, 9.17) is 10.5 Å². The molecule has 0 spiro atoms. The van der Waals surface area contributed by atoms with E-state index in [9.17, 15) is 4.79 Å². The minimum atomic E-state index is -0.113. The largest absolute Gasteiger partial charge is 0.490 e. The molecule has 4 heteroatoms. The number of benzene rings is 1. The van der Waals surface area contributed by atoms with E-state index in [1.807, 2.05) is 30.3 Å². The number of nitrogens with two attached hydrogens (primary N) is 1. The average molecular weight is 298 g/mol. The molecule has 116 valence electrons. The molecule has 3 rings (SSSR count). The standard InChI is InChI=1S/C18H22N2O2/c1-2-8-18(19)9-5-14(6-10-18)22-15-3-4-16-13(12-15)7-11-20-17(16)21/h2-4,7,11-12,14H,1,5-6,8-10,19H2,(H,20,21)/t14-,18-. The summed E-state index contributed by atoms with van der Waals surface area (Å²) in [5, 5.41) is 1.59. The maximum absolute atomic E-state index is 11.7. The highest BCUT2D eigenvalue weighted by Crippen LogP contribution is 2.32. The smallest absolute Gasteiger partial charge is 0.255 e. The predicted molar refractivity (Wildman–Crippen MR) is 89.2 cm³/mol. The van der Waals surface area contributed by atoms with Crippen LogP contribution in [-0.4, -0.2) is 16.6 Å². The topological polar surface area (TPSA) is 68.1 Å². The van der Waals surface area contributed by atoms with Gasteiger partial charge in [0.05, 0.1) is 6.10 Å². The number of hydrogen-bond donors (Lipinski definition) is 2. The number of hydrogen-bond acceptors (Lipinski definition) is 3. The van der Waals surface area contributed by atoms with E-state index in [1.54, 1.807) is 6.20 Å². The maximum atomic E-state index is 11.7. The van der Waals surface area contributed by atoms with Crippen molar-refractivity contribution in [1.29, 1.82) is 0 Å². The van der Waals surface area contributed by atoms with E-state index >= 15 is 0 Å². The Kier molecular flexibility index (Phi) is 4.03. The number of nitrogens with one attached hydrogen (secondary N) is 1. The second kappa shape index (κ2) is 5.97. The molecule has 0 bridgehead atoms. The molecular formula is C18H22N2O2. The monoisotopic (exact) mass is 298 g/mol. The molecule has 0 saturated heterocycles. The van der Waals surface area contributed by atoms with Crippen molar-refractivity contribution >= 4 is 10.8 Å². The SMILES string of the molecule is C=CC[C@]1(N)CC[C@H](Oc2ccc3c(=O)[nH]ccc3c2)CC1. The lowest BCUT2D eigenvalue weighted by Crippen LogP contribution is -2.44. The van der Waals surface area contributed by atoms with Crippen molar-refractivity contribution in [1.82, 2.24) is 4.98 Å². The molecule has 1 fully saturated rings. The summed E-state index contributed by atoms with van der Waals surface area (Å²) < 4.78 is 6.08. The summed E-state index contributed by atoms with van der Waals surface area (Å²) in [4.78, 5) is 14.4. The number of ether oxygens (including phenoxy) is 1. The fourth-order valence-electron chi connectivity index (χ4n) is 3.21. The minimum Gasteiger partial charge on any atom is -0.490 e. The number of H-pyrrole nitrogens is 1. The first kappa shape index (κ1) is 14.9. The fraction of sp³-hybridized carbons (Fsp3) is 0.389. The first-order valence-electron chi connectivity index (χ1n) is 7.77. The summed E-state index contributed by atoms with van der Waals surface area (Å²) in [5.74, 6) is 0.816. The van der Waals surface area contributed by atoms with Crippen LogP contribution in [0.2, 0.25) is 0 Å². The highest BCUT2D eigenvalue weighted by Gasteiger charge is 2.31. The summed E-state index contributed by atoms with van der Waals surface area (Å²) in [5.41, 5.74) is 6.17. The van der Waals surface area contributed by atoms with Crippen LogP contribution in [0.4, 0.5) is 0 Å². The first-order valence-corrected chi connectivity index (χ1v) is 7.77. The highest BCUT2D eigenvalue weighted by molar-refractivity contribution is 5.82. The molecule has 0 atom stereocenters. The molecule has 1 saturated carbocycles. The molecule has 0 unspecified atom stereocenters. The number of aromatic nitrogens is 1. The van der Waals surface area contributed by atoms with Crippen LogP contribution in [0.3, 0.4) is 0 Å². The van der Waals surface area contributed by atoms with Crippen LogP contribution in [0.25, 0.3) is 10.8 Å².